The Kier molecular flexibility index (Phi) is 6.62. The molecule has 6 nitrogen and oxygen atoms in total. The SMILES string of the molecule is Cc1cccc(C[C@H](NC(=O)C2(NC(=O)c3ccccc3C(F)(F)F)CC2)B2O[C@@H]3C[C@@H]4C[C@@H](C4(C)C)[C@]3(C)O2)c1. The maximum atomic E-state index is 13.7. The van der Waals surface area contributed by atoms with E-state index in [9.17, 15) is 22.8 Å². The van der Waals surface area contributed by atoms with E-state index in [1.54, 1.807) is 0 Å². The molecule has 1 aliphatic heterocycles. The summed E-state index contributed by atoms with van der Waals surface area (Å²) in [5.41, 5.74) is -1.04. The van der Waals surface area contributed by atoms with Crippen molar-refractivity contribution in [3.8, 4) is 0 Å². The molecule has 2 bridgehead atoms. The van der Waals surface area contributed by atoms with Crippen LogP contribution in [0.15, 0.2) is 48.5 Å². The van der Waals surface area contributed by atoms with Gasteiger partial charge in [0, 0.05) is 0 Å². The second-order valence-electron chi connectivity index (χ2n) is 13.2. The van der Waals surface area contributed by atoms with E-state index in [4.69, 9.17) is 9.31 Å². The number of alkyl halides is 3. The Labute approximate surface area is 238 Å². The van der Waals surface area contributed by atoms with Gasteiger partial charge in [0.15, 0.2) is 0 Å². The Morgan fingerprint density at radius 1 is 1.07 bits per heavy atom. The number of nitrogens with one attached hydrogen (secondary N) is 2. The third-order valence-electron chi connectivity index (χ3n) is 10.2. The zero-order valence-electron chi connectivity index (χ0n) is 23.8. The lowest BCUT2D eigenvalue weighted by Crippen LogP contribution is -2.65. The molecule has 0 unspecified atom stereocenters. The van der Waals surface area contributed by atoms with Crippen molar-refractivity contribution in [2.45, 2.75) is 89.2 Å². The van der Waals surface area contributed by atoms with Crippen LogP contribution in [0, 0.1) is 24.2 Å². The molecule has 7 rings (SSSR count). The first-order chi connectivity index (χ1) is 19.2. The predicted molar refractivity (Wildman–Crippen MR) is 148 cm³/mol. The van der Waals surface area contributed by atoms with Crippen LogP contribution >= 0.6 is 0 Å². The van der Waals surface area contributed by atoms with Gasteiger partial charge in [-0.15, -0.1) is 0 Å². The van der Waals surface area contributed by atoms with E-state index in [0.29, 0.717) is 31.1 Å². The molecule has 5 fully saturated rings. The molecule has 2 aromatic rings. The molecule has 218 valence electrons. The first-order valence-electron chi connectivity index (χ1n) is 14.4. The Bertz CT molecular complexity index is 1380. The first-order valence-corrected chi connectivity index (χ1v) is 14.4. The standard InChI is InChI=1S/C31H36BF3N2O4/c1-18-8-7-9-19(14-18)15-25(32-40-24-17-20-16-23(28(20,2)3)29(24,4)41-32)36-27(39)30(12-13-30)37-26(38)21-10-5-6-11-22(21)31(33,34)35/h5-11,14,20,23-25H,12-13,15-17H2,1-4H3,(H,36,39)(H,37,38)/t20-,23-,24+,25-,29-/m0/s1. The van der Waals surface area contributed by atoms with Gasteiger partial charge >= 0.3 is 13.3 Å². The van der Waals surface area contributed by atoms with Gasteiger partial charge in [0.05, 0.1) is 28.8 Å². The van der Waals surface area contributed by atoms with Gasteiger partial charge in [-0.2, -0.15) is 13.2 Å². The molecule has 4 aliphatic carbocycles. The number of carbonyl (C=O) groups excluding carboxylic acids is 2. The van der Waals surface area contributed by atoms with Crippen LogP contribution < -0.4 is 10.6 Å². The minimum Gasteiger partial charge on any atom is -0.404 e. The number of hydrogen-bond donors (Lipinski definition) is 2. The quantitative estimate of drug-likeness (QED) is 0.447. The van der Waals surface area contributed by atoms with Gasteiger partial charge < -0.3 is 19.9 Å². The molecule has 2 amide bonds. The van der Waals surface area contributed by atoms with E-state index in [1.165, 1.54) is 12.1 Å². The zero-order chi connectivity index (χ0) is 29.4. The summed E-state index contributed by atoms with van der Waals surface area (Å²) in [6.07, 6.45) is -1.65. The second-order valence-corrected chi connectivity index (χ2v) is 13.2. The molecule has 2 aromatic carbocycles. The van der Waals surface area contributed by atoms with Crippen molar-refractivity contribution in [1.29, 1.82) is 0 Å². The summed E-state index contributed by atoms with van der Waals surface area (Å²) >= 11 is 0. The summed E-state index contributed by atoms with van der Waals surface area (Å²) in [7, 11) is -0.693. The molecule has 2 N–H and O–H groups in total. The molecule has 5 atom stereocenters. The van der Waals surface area contributed by atoms with Crippen molar-refractivity contribution in [2.75, 3.05) is 0 Å². The lowest BCUT2D eigenvalue weighted by Gasteiger charge is -2.64. The smallest absolute Gasteiger partial charge is 0.404 e. The summed E-state index contributed by atoms with van der Waals surface area (Å²) in [6, 6.07) is 12.6. The van der Waals surface area contributed by atoms with Gasteiger partial charge in [0.25, 0.3) is 5.91 Å². The number of hydrogen-bond acceptors (Lipinski definition) is 4. The second kappa shape index (κ2) is 9.59. The number of amides is 2. The van der Waals surface area contributed by atoms with Gasteiger partial charge in [-0.3, -0.25) is 9.59 Å². The summed E-state index contributed by atoms with van der Waals surface area (Å²) < 4.78 is 53.8. The highest BCUT2D eigenvalue weighted by Crippen LogP contribution is 2.65. The van der Waals surface area contributed by atoms with E-state index in [0.717, 1.165) is 36.1 Å². The van der Waals surface area contributed by atoms with Crippen molar-refractivity contribution < 1.29 is 32.1 Å². The van der Waals surface area contributed by atoms with E-state index in [-0.39, 0.29) is 11.5 Å². The van der Waals surface area contributed by atoms with Gasteiger partial charge in [-0.1, -0.05) is 55.8 Å². The molecule has 0 spiro atoms. The van der Waals surface area contributed by atoms with Crippen molar-refractivity contribution in [3.05, 3.63) is 70.8 Å². The Morgan fingerprint density at radius 2 is 1.80 bits per heavy atom. The number of rotatable bonds is 7. The molecular weight excluding hydrogens is 532 g/mol. The van der Waals surface area contributed by atoms with Crippen LogP contribution in [0.5, 0.6) is 0 Å². The normalized spacial score (nSPS) is 29.6. The molecule has 0 radical (unpaired) electrons. The van der Waals surface area contributed by atoms with E-state index < -0.39 is 53.3 Å². The lowest BCUT2D eigenvalue weighted by molar-refractivity contribution is -0.199. The monoisotopic (exact) mass is 568 g/mol. The molecule has 0 aromatic heterocycles. The minimum atomic E-state index is -4.69. The number of carbonyl (C=O) groups is 2. The molecule has 1 heterocycles. The van der Waals surface area contributed by atoms with Gasteiger partial charge in [0.2, 0.25) is 5.91 Å². The molecule has 10 heteroatoms. The Hall–Kier alpha value is -2.85. The van der Waals surface area contributed by atoms with Crippen molar-refractivity contribution in [3.63, 3.8) is 0 Å². The Morgan fingerprint density at radius 3 is 2.46 bits per heavy atom. The highest BCUT2D eigenvalue weighted by atomic mass is 19.4. The number of aryl methyl sites for hydroxylation is 1. The van der Waals surface area contributed by atoms with Crippen molar-refractivity contribution in [1.82, 2.24) is 10.6 Å². The van der Waals surface area contributed by atoms with E-state index in [1.807, 2.05) is 31.2 Å². The fraction of sp³-hybridized carbons (Fsp3) is 0.548. The van der Waals surface area contributed by atoms with Crippen LogP contribution in [0.2, 0.25) is 0 Å². The molecule has 5 aliphatic rings. The van der Waals surface area contributed by atoms with Crippen molar-refractivity contribution in [2.24, 2.45) is 17.3 Å². The average Bonchev–Trinajstić information content (AvgIpc) is 3.59. The maximum absolute atomic E-state index is 13.7. The fourth-order valence-corrected chi connectivity index (χ4v) is 7.43. The first kappa shape index (κ1) is 28.3. The largest absolute Gasteiger partial charge is 0.482 e. The fourth-order valence-electron chi connectivity index (χ4n) is 7.43. The van der Waals surface area contributed by atoms with Crippen LogP contribution in [-0.4, -0.2) is 42.1 Å². The van der Waals surface area contributed by atoms with Crippen LogP contribution in [0.1, 0.15) is 73.5 Å². The summed E-state index contributed by atoms with van der Waals surface area (Å²) in [4.78, 5) is 26.7. The zero-order valence-corrected chi connectivity index (χ0v) is 23.8. The summed E-state index contributed by atoms with van der Waals surface area (Å²) in [5, 5.41) is 5.70. The van der Waals surface area contributed by atoms with Gasteiger partial charge in [-0.05, 0) is 80.9 Å². The minimum absolute atomic E-state index is 0.0744. The molecule has 41 heavy (non-hydrogen) atoms. The third kappa shape index (κ3) is 4.86. The van der Waals surface area contributed by atoms with E-state index in [2.05, 4.69) is 31.4 Å². The highest BCUT2D eigenvalue weighted by molar-refractivity contribution is 6.48. The maximum Gasteiger partial charge on any atom is 0.482 e. The topological polar surface area (TPSA) is 76.7 Å². The van der Waals surface area contributed by atoms with E-state index >= 15 is 0 Å². The summed E-state index contributed by atoms with van der Waals surface area (Å²) in [6.45, 7) is 8.68. The third-order valence-corrected chi connectivity index (χ3v) is 10.2. The highest BCUT2D eigenvalue weighted by Gasteiger charge is 2.68. The average molecular weight is 568 g/mol. The summed E-state index contributed by atoms with van der Waals surface area (Å²) in [5.74, 6) is -0.993. The van der Waals surface area contributed by atoms with Crippen LogP contribution in [0.3, 0.4) is 0 Å². The number of halogens is 3. The molecule has 4 saturated carbocycles. The predicted octanol–water partition coefficient (Wildman–Crippen LogP) is 5.27. The van der Waals surface area contributed by atoms with Crippen LogP contribution in [0.4, 0.5) is 13.2 Å². The molecular formula is C31H36BF3N2O4. The lowest BCUT2D eigenvalue weighted by atomic mass is 9.43. The van der Waals surface area contributed by atoms with Crippen LogP contribution in [0.25, 0.3) is 0 Å². The van der Waals surface area contributed by atoms with Gasteiger partial charge in [-0.25, -0.2) is 0 Å². The van der Waals surface area contributed by atoms with Crippen molar-refractivity contribution >= 4 is 18.9 Å². The molecule has 1 saturated heterocycles. The number of benzene rings is 2. The Balaban J connectivity index is 1.22. The van der Waals surface area contributed by atoms with Crippen LogP contribution in [-0.2, 0) is 26.7 Å². The van der Waals surface area contributed by atoms with Gasteiger partial charge in [0.1, 0.15) is 5.54 Å².